The highest BCUT2D eigenvalue weighted by atomic mass is 16.5. The molecule has 0 saturated carbocycles. The van der Waals surface area contributed by atoms with Gasteiger partial charge in [-0.3, -0.25) is 0 Å². The summed E-state index contributed by atoms with van der Waals surface area (Å²) in [7, 11) is 1.95. The van der Waals surface area contributed by atoms with Crippen LogP contribution in [-0.4, -0.2) is 23.2 Å². The minimum Gasteiger partial charge on any atom is -0.493 e. The zero-order valence-electron chi connectivity index (χ0n) is 10.5. The monoisotopic (exact) mass is 243 g/mol. The number of imidazole rings is 1. The number of aromatic nitrogens is 2. The Morgan fingerprint density at radius 1 is 1.44 bits per heavy atom. The third kappa shape index (κ3) is 1.88. The van der Waals surface area contributed by atoms with E-state index in [1.165, 1.54) is 11.3 Å². The summed E-state index contributed by atoms with van der Waals surface area (Å²) in [5.41, 5.74) is 2.46. The lowest BCUT2D eigenvalue weighted by Crippen LogP contribution is -2.22. The van der Waals surface area contributed by atoms with Gasteiger partial charge in [0.25, 0.3) is 0 Å². The number of nitrogens with one attached hydrogen (secondary N) is 1. The van der Waals surface area contributed by atoms with Crippen molar-refractivity contribution in [1.29, 1.82) is 0 Å². The van der Waals surface area contributed by atoms with E-state index in [2.05, 4.69) is 27.0 Å². The first-order valence-electron chi connectivity index (χ1n) is 6.27. The molecule has 1 unspecified atom stereocenters. The van der Waals surface area contributed by atoms with Gasteiger partial charge >= 0.3 is 0 Å². The van der Waals surface area contributed by atoms with E-state index < -0.39 is 0 Å². The van der Waals surface area contributed by atoms with Gasteiger partial charge in [0.2, 0.25) is 0 Å². The Labute approximate surface area is 107 Å². The summed E-state index contributed by atoms with van der Waals surface area (Å²) in [6, 6.07) is 8.60. The molecule has 1 atom stereocenters. The number of benzene rings is 1. The van der Waals surface area contributed by atoms with Crippen LogP contribution in [0.2, 0.25) is 0 Å². The quantitative estimate of drug-likeness (QED) is 0.896. The molecule has 0 amide bonds. The van der Waals surface area contributed by atoms with E-state index in [1.807, 2.05) is 31.7 Å². The van der Waals surface area contributed by atoms with Gasteiger partial charge < -0.3 is 14.6 Å². The van der Waals surface area contributed by atoms with Crippen LogP contribution < -0.4 is 10.1 Å². The second-order valence-corrected chi connectivity index (χ2v) is 4.51. The maximum absolute atomic E-state index is 5.70. The second-order valence-electron chi connectivity index (χ2n) is 4.51. The maximum atomic E-state index is 5.70. The molecule has 4 nitrogen and oxygen atoms in total. The van der Waals surface area contributed by atoms with Crippen LogP contribution in [0.1, 0.15) is 23.7 Å². The number of ether oxygens (including phenoxy) is 1. The lowest BCUT2D eigenvalue weighted by Gasteiger charge is -2.28. The molecule has 94 valence electrons. The summed E-state index contributed by atoms with van der Waals surface area (Å²) in [6.45, 7) is 1.60. The highest BCUT2D eigenvalue weighted by molar-refractivity contribution is 5.38. The third-order valence-corrected chi connectivity index (χ3v) is 3.37. The first kappa shape index (κ1) is 11.3. The lowest BCUT2D eigenvalue weighted by atomic mass is 10.0. The van der Waals surface area contributed by atoms with Gasteiger partial charge in [0.15, 0.2) is 0 Å². The predicted molar refractivity (Wildman–Crippen MR) is 69.7 cm³/mol. The lowest BCUT2D eigenvalue weighted by molar-refractivity contribution is 0.254. The van der Waals surface area contributed by atoms with Gasteiger partial charge in [0.1, 0.15) is 5.75 Å². The summed E-state index contributed by atoms with van der Waals surface area (Å²) in [4.78, 5) is 4.27. The number of hydrogen-bond donors (Lipinski definition) is 1. The highest BCUT2D eigenvalue weighted by Gasteiger charge is 2.23. The Morgan fingerprint density at radius 2 is 2.33 bits per heavy atom. The van der Waals surface area contributed by atoms with E-state index in [9.17, 15) is 0 Å². The van der Waals surface area contributed by atoms with E-state index in [4.69, 9.17) is 4.74 Å². The van der Waals surface area contributed by atoms with Gasteiger partial charge in [-0.15, -0.1) is 0 Å². The van der Waals surface area contributed by atoms with Crippen LogP contribution in [0, 0.1) is 0 Å². The molecule has 3 rings (SSSR count). The van der Waals surface area contributed by atoms with Crippen molar-refractivity contribution < 1.29 is 4.74 Å². The molecule has 1 aliphatic heterocycles. The van der Waals surface area contributed by atoms with Crippen molar-refractivity contribution in [3.8, 4) is 5.75 Å². The molecule has 0 saturated heterocycles. The van der Waals surface area contributed by atoms with Crippen LogP contribution in [0.25, 0.3) is 0 Å². The summed E-state index contributed by atoms with van der Waals surface area (Å²) < 4.78 is 7.95. The molecule has 0 radical (unpaired) electrons. The fourth-order valence-corrected chi connectivity index (χ4v) is 2.54. The van der Waals surface area contributed by atoms with E-state index in [0.717, 1.165) is 25.3 Å². The number of fused-ring (bicyclic) bond motifs is 1. The Kier molecular flexibility index (Phi) is 3.02. The van der Waals surface area contributed by atoms with Crippen molar-refractivity contribution in [2.45, 2.75) is 19.0 Å². The van der Waals surface area contributed by atoms with E-state index >= 15 is 0 Å². The van der Waals surface area contributed by atoms with Crippen LogP contribution >= 0.6 is 0 Å². The molecule has 18 heavy (non-hydrogen) atoms. The summed E-state index contributed by atoms with van der Waals surface area (Å²) in [6.07, 6.45) is 4.83. The zero-order chi connectivity index (χ0) is 12.4. The molecule has 1 aromatic carbocycles. The molecular weight excluding hydrogens is 226 g/mol. The van der Waals surface area contributed by atoms with Gasteiger partial charge in [-0.1, -0.05) is 18.2 Å². The largest absolute Gasteiger partial charge is 0.493 e. The molecule has 0 spiro atoms. The van der Waals surface area contributed by atoms with Crippen molar-refractivity contribution >= 4 is 0 Å². The predicted octanol–water partition coefficient (Wildman–Crippen LogP) is 1.97. The number of hydrogen-bond acceptors (Lipinski definition) is 3. The highest BCUT2D eigenvalue weighted by Crippen LogP contribution is 2.34. The van der Waals surface area contributed by atoms with Crippen molar-refractivity contribution in [1.82, 2.24) is 14.9 Å². The first-order valence-corrected chi connectivity index (χ1v) is 6.27. The molecule has 0 fully saturated rings. The Bertz CT molecular complexity index is 535. The van der Waals surface area contributed by atoms with Gasteiger partial charge in [-0.05, 0) is 13.1 Å². The summed E-state index contributed by atoms with van der Waals surface area (Å²) in [5.74, 6) is 0.998. The van der Waals surface area contributed by atoms with E-state index in [0.29, 0.717) is 6.04 Å². The molecule has 4 heteroatoms. The van der Waals surface area contributed by atoms with Crippen molar-refractivity contribution in [2.75, 3.05) is 13.7 Å². The fourth-order valence-electron chi connectivity index (χ4n) is 2.54. The van der Waals surface area contributed by atoms with E-state index in [-0.39, 0.29) is 0 Å². The minimum atomic E-state index is 0.334. The molecule has 0 aliphatic carbocycles. The van der Waals surface area contributed by atoms with Crippen LogP contribution in [0.15, 0.2) is 36.8 Å². The SMILES string of the molecule is CNCc1cncn1C1CCOc2ccccc21. The molecule has 0 bridgehead atoms. The number of rotatable bonds is 3. The first-order chi connectivity index (χ1) is 8.90. The van der Waals surface area contributed by atoms with Gasteiger partial charge in [0.05, 0.1) is 24.7 Å². The average Bonchev–Trinajstić information content (AvgIpc) is 2.87. The van der Waals surface area contributed by atoms with Crippen LogP contribution in [0.3, 0.4) is 0 Å². The van der Waals surface area contributed by atoms with Crippen molar-refractivity contribution in [3.05, 3.63) is 48.0 Å². The molecule has 1 aliphatic rings. The zero-order valence-corrected chi connectivity index (χ0v) is 10.5. The normalized spacial score (nSPS) is 18.2. The Balaban J connectivity index is 2.00. The topological polar surface area (TPSA) is 39.1 Å². The summed E-state index contributed by atoms with van der Waals surface area (Å²) >= 11 is 0. The third-order valence-electron chi connectivity index (χ3n) is 3.37. The maximum Gasteiger partial charge on any atom is 0.124 e. The van der Waals surface area contributed by atoms with Gasteiger partial charge in [-0.25, -0.2) is 4.98 Å². The van der Waals surface area contributed by atoms with Gasteiger partial charge in [0, 0.05) is 24.7 Å². The Morgan fingerprint density at radius 3 is 3.22 bits per heavy atom. The smallest absolute Gasteiger partial charge is 0.124 e. The van der Waals surface area contributed by atoms with Gasteiger partial charge in [-0.2, -0.15) is 0 Å². The van der Waals surface area contributed by atoms with E-state index in [1.54, 1.807) is 0 Å². The average molecular weight is 243 g/mol. The second kappa shape index (κ2) is 4.82. The van der Waals surface area contributed by atoms with Crippen LogP contribution in [0.5, 0.6) is 5.75 Å². The number of para-hydroxylation sites is 1. The summed E-state index contributed by atoms with van der Waals surface area (Å²) in [5, 5.41) is 3.18. The molecule has 2 heterocycles. The standard InChI is InChI=1S/C14H17N3O/c1-15-8-11-9-16-10-17(11)13-6-7-18-14-5-3-2-4-12(13)14/h2-5,9-10,13,15H,6-8H2,1H3. The molecule has 2 aromatic rings. The molecule has 1 N–H and O–H groups in total. The number of nitrogens with zero attached hydrogens (tertiary/aromatic N) is 2. The fraction of sp³-hybridized carbons (Fsp3) is 0.357. The minimum absolute atomic E-state index is 0.334. The van der Waals surface area contributed by atoms with Crippen LogP contribution in [-0.2, 0) is 6.54 Å². The molecule has 1 aromatic heterocycles. The van der Waals surface area contributed by atoms with Crippen molar-refractivity contribution in [3.63, 3.8) is 0 Å². The Hall–Kier alpha value is -1.81. The molecular formula is C14H17N3O. The van der Waals surface area contributed by atoms with Crippen molar-refractivity contribution in [2.24, 2.45) is 0 Å². The van der Waals surface area contributed by atoms with Crippen LogP contribution in [0.4, 0.5) is 0 Å².